The molecule has 1 saturated carbocycles. The van der Waals surface area contributed by atoms with Crippen LogP contribution in [-0.4, -0.2) is 44.2 Å². The zero-order valence-corrected chi connectivity index (χ0v) is 16.9. The van der Waals surface area contributed by atoms with E-state index in [0.717, 1.165) is 31.4 Å². The molecule has 10 heteroatoms. The number of hydrogen-bond donors (Lipinski definition) is 3. The zero-order chi connectivity index (χ0) is 17.6. The summed E-state index contributed by atoms with van der Waals surface area (Å²) in [6.45, 7) is 1.96. The van der Waals surface area contributed by atoms with E-state index in [9.17, 15) is 4.79 Å². The molecule has 1 aromatic carbocycles. The third-order valence-electron chi connectivity index (χ3n) is 4.62. The van der Waals surface area contributed by atoms with E-state index in [1.807, 2.05) is 37.3 Å². The molecule has 1 heterocycles. The number of para-hydroxylation sites is 1. The molecule has 1 fully saturated rings. The van der Waals surface area contributed by atoms with E-state index in [1.165, 1.54) is 0 Å². The molecule has 0 spiro atoms. The van der Waals surface area contributed by atoms with Gasteiger partial charge < -0.3 is 16.4 Å². The van der Waals surface area contributed by atoms with E-state index in [2.05, 4.69) is 26.2 Å². The normalized spacial score (nSPS) is 19.9. The van der Waals surface area contributed by atoms with Gasteiger partial charge in [0.15, 0.2) is 0 Å². The number of tetrazole rings is 1. The highest BCUT2D eigenvalue weighted by molar-refractivity contribution is 5.85. The molecule has 1 aromatic heterocycles. The summed E-state index contributed by atoms with van der Waals surface area (Å²) in [7, 11) is 0. The quantitative estimate of drug-likeness (QED) is 0.665. The Bertz CT molecular complexity index is 690. The number of aromatic nitrogens is 4. The predicted octanol–water partition coefficient (Wildman–Crippen LogP) is 2.08. The van der Waals surface area contributed by atoms with Gasteiger partial charge in [-0.25, -0.2) is 0 Å². The number of hydrogen-bond acceptors (Lipinski definition) is 6. The second kappa shape index (κ2) is 11.1. The number of benzene rings is 1. The number of rotatable bonds is 6. The molecule has 1 aliphatic rings. The van der Waals surface area contributed by atoms with Gasteiger partial charge in [-0.1, -0.05) is 30.2 Å². The smallest absolute Gasteiger partial charge is 0.248 e. The molecule has 0 bridgehead atoms. The molecule has 1 aliphatic carbocycles. The maximum atomic E-state index is 12.6. The summed E-state index contributed by atoms with van der Waals surface area (Å²) in [5, 5.41) is 18.0. The number of nitrogens with two attached hydrogens (primary N) is 1. The minimum atomic E-state index is -0.385. The van der Waals surface area contributed by atoms with Gasteiger partial charge in [0.2, 0.25) is 11.9 Å². The second-order valence-corrected chi connectivity index (χ2v) is 6.48. The van der Waals surface area contributed by atoms with E-state index < -0.39 is 0 Å². The average Bonchev–Trinajstić information content (AvgIpc) is 3.10. The van der Waals surface area contributed by atoms with Crippen LogP contribution in [0.15, 0.2) is 30.3 Å². The first-order valence-electron chi connectivity index (χ1n) is 8.83. The Balaban J connectivity index is 0.00000182. The van der Waals surface area contributed by atoms with E-state index >= 15 is 0 Å². The van der Waals surface area contributed by atoms with E-state index in [-0.39, 0.29) is 48.8 Å². The monoisotopic (exact) mass is 415 g/mol. The molecule has 150 valence electrons. The number of amides is 1. The fourth-order valence-electron chi connectivity index (χ4n) is 3.09. The van der Waals surface area contributed by atoms with Crippen molar-refractivity contribution in [1.29, 1.82) is 0 Å². The maximum absolute atomic E-state index is 12.6. The van der Waals surface area contributed by atoms with Crippen LogP contribution in [0.25, 0.3) is 5.69 Å². The van der Waals surface area contributed by atoms with Crippen molar-refractivity contribution in [1.82, 2.24) is 25.5 Å². The molecule has 1 unspecified atom stereocenters. The van der Waals surface area contributed by atoms with Crippen molar-refractivity contribution in [2.24, 2.45) is 5.73 Å². The van der Waals surface area contributed by atoms with Gasteiger partial charge >= 0.3 is 0 Å². The molecule has 8 nitrogen and oxygen atoms in total. The average molecular weight is 416 g/mol. The fraction of sp³-hybridized carbons (Fsp3) is 0.529. The number of anilines is 1. The first kappa shape index (κ1) is 23.1. The predicted molar refractivity (Wildman–Crippen MR) is 110 cm³/mol. The van der Waals surface area contributed by atoms with Crippen molar-refractivity contribution in [3.8, 4) is 5.69 Å². The van der Waals surface area contributed by atoms with Crippen LogP contribution in [-0.2, 0) is 4.79 Å². The Labute approximate surface area is 171 Å². The molecule has 27 heavy (non-hydrogen) atoms. The van der Waals surface area contributed by atoms with Crippen LogP contribution in [0.3, 0.4) is 0 Å². The highest BCUT2D eigenvalue weighted by Crippen LogP contribution is 2.18. The van der Waals surface area contributed by atoms with Gasteiger partial charge in [0.25, 0.3) is 0 Å². The molecule has 0 aliphatic heterocycles. The van der Waals surface area contributed by atoms with E-state index in [4.69, 9.17) is 5.73 Å². The van der Waals surface area contributed by atoms with Crippen LogP contribution in [0.5, 0.6) is 0 Å². The lowest BCUT2D eigenvalue weighted by Crippen LogP contribution is -2.47. The van der Waals surface area contributed by atoms with Crippen molar-refractivity contribution in [3.05, 3.63) is 30.3 Å². The number of nitrogens with one attached hydrogen (secondary N) is 2. The number of carbonyl (C=O) groups is 1. The molecule has 1 atom stereocenters. The van der Waals surface area contributed by atoms with Gasteiger partial charge in [-0.05, 0) is 54.7 Å². The van der Waals surface area contributed by atoms with Crippen LogP contribution in [0, 0.1) is 0 Å². The van der Waals surface area contributed by atoms with Gasteiger partial charge in [-0.15, -0.1) is 24.8 Å². The SMILES string of the molecule is CCC(Nc1nnnn1-c1ccccc1)C(=O)NC1CCC(N)CC1.Cl.Cl. The van der Waals surface area contributed by atoms with Crippen molar-refractivity contribution in [2.45, 2.75) is 57.2 Å². The third kappa shape index (κ3) is 6.05. The summed E-state index contributed by atoms with van der Waals surface area (Å²) in [5.74, 6) is 0.435. The summed E-state index contributed by atoms with van der Waals surface area (Å²) >= 11 is 0. The lowest BCUT2D eigenvalue weighted by molar-refractivity contribution is -0.122. The van der Waals surface area contributed by atoms with Gasteiger partial charge in [-0.3, -0.25) is 4.79 Å². The molecule has 0 radical (unpaired) electrons. The molecular weight excluding hydrogens is 389 g/mol. The first-order chi connectivity index (χ1) is 12.2. The molecule has 4 N–H and O–H groups in total. The molecule has 1 amide bonds. The molecule has 0 saturated heterocycles. The lowest BCUT2D eigenvalue weighted by Gasteiger charge is -2.28. The Kier molecular flexibility index (Phi) is 9.48. The Hall–Kier alpha value is -1.90. The highest BCUT2D eigenvalue weighted by atomic mass is 35.5. The minimum absolute atomic E-state index is 0. The highest BCUT2D eigenvalue weighted by Gasteiger charge is 2.25. The lowest BCUT2D eigenvalue weighted by atomic mass is 9.91. The minimum Gasteiger partial charge on any atom is -0.352 e. The molecule has 2 aromatic rings. The Morgan fingerprint density at radius 3 is 2.52 bits per heavy atom. The van der Waals surface area contributed by atoms with Crippen LogP contribution in [0.2, 0.25) is 0 Å². The fourth-order valence-corrected chi connectivity index (χ4v) is 3.09. The van der Waals surface area contributed by atoms with Crippen LogP contribution < -0.4 is 16.4 Å². The summed E-state index contributed by atoms with van der Waals surface area (Å²) in [4.78, 5) is 12.6. The Morgan fingerprint density at radius 2 is 1.89 bits per heavy atom. The molecule has 3 rings (SSSR count). The Morgan fingerprint density at radius 1 is 1.22 bits per heavy atom. The van der Waals surface area contributed by atoms with Crippen LogP contribution in [0.4, 0.5) is 5.95 Å². The number of halogens is 2. The van der Waals surface area contributed by atoms with Crippen molar-refractivity contribution in [3.63, 3.8) is 0 Å². The van der Waals surface area contributed by atoms with Gasteiger partial charge in [0, 0.05) is 12.1 Å². The third-order valence-corrected chi connectivity index (χ3v) is 4.62. The number of nitrogens with zero attached hydrogens (tertiary/aromatic N) is 4. The summed E-state index contributed by atoms with van der Waals surface area (Å²) < 4.78 is 1.59. The number of carbonyl (C=O) groups excluding carboxylic acids is 1. The standard InChI is InChI=1S/C17H25N7O.2ClH/c1-2-15(16(25)19-13-10-8-12(18)9-11-13)20-17-21-22-23-24(17)14-6-4-3-5-7-14;;/h3-7,12-13,15H,2,8-11,18H2,1H3,(H,19,25)(H,20,21,23);2*1H. The maximum Gasteiger partial charge on any atom is 0.248 e. The topological polar surface area (TPSA) is 111 Å². The van der Waals surface area contributed by atoms with Crippen molar-refractivity contribution in [2.75, 3.05) is 5.32 Å². The van der Waals surface area contributed by atoms with Crippen LogP contribution in [0.1, 0.15) is 39.0 Å². The van der Waals surface area contributed by atoms with Crippen molar-refractivity contribution >= 4 is 36.7 Å². The summed E-state index contributed by atoms with van der Waals surface area (Å²) in [5.41, 5.74) is 6.77. The second-order valence-electron chi connectivity index (χ2n) is 6.48. The summed E-state index contributed by atoms with van der Waals surface area (Å²) in [6.07, 6.45) is 4.43. The van der Waals surface area contributed by atoms with E-state index in [1.54, 1.807) is 4.68 Å². The van der Waals surface area contributed by atoms with E-state index in [0.29, 0.717) is 12.4 Å². The first-order valence-corrected chi connectivity index (χ1v) is 8.83. The summed E-state index contributed by atoms with van der Waals surface area (Å²) in [6, 6.07) is 9.67. The van der Waals surface area contributed by atoms with Crippen LogP contribution >= 0.6 is 24.8 Å². The largest absolute Gasteiger partial charge is 0.352 e. The molecular formula is C17H27Cl2N7O. The van der Waals surface area contributed by atoms with Gasteiger partial charge in [-0.2, -0.15) is 4.68 Å². The van der Waals surface area contributed by atoms with Crippen molar-refractivity contribution < 1.29 is 4.79 Å². The van der Waals surface area contributed by atoms with Gasteiger partial charge in [0.05, 0.1) is 5.69 Å². The van der Waals surface area contributed by atoms with Gasteiger partial charge in [0.1, 0.15) is 6.04 Å². The zero-order valence-electron chi connectivity index (χ0n) is 15.2.